The Labute approximate surface area is 234 Å². The van der Waals surface area contributed by atoms with Crippen LogP contribution in [0.1, 0.15) is 47.3 Å². The summed E-state index contributed by atoms with van der Waals surface area (Å²) in [6.07, 6.45) is 4.30. The third-order valence-corrected chi connectivity index (χ3v) is 8.49. The zero-order valence-electron chi connectivity index (χ0n) is 21.1. The molecule has 2 fully saturated rings. The monoisotopic (exact) mass is 622 g/mol. The summed E-state index contributed by atoms with van der Waals surface area (Å²) in [5.74, 6) is 0.260. The topological polar surface area (TPSA) is 57.5 Å². The van der Waals surface area contributed by atoms with Gasteiger partial charge in [-0.05, 0) is 55.0 Å². The summed E-state index contributed by atoms with van der Waals surface area (Å²) in [5.41, 5.74) is 2.78. The second-order valence-corrected chi connectivity index (χ2v) is 10.8. The molecule has 0 amide bonds. The predicted molar refractivity (Wildman–Crippen MR) is 136 cm³/mol. The van der Waals surface area contributed by atoms with E-state index in [1.807, 2.05) is 25.1 Å². The van der Waals surface area contributed by atoms with Crippen LogP contribution < -0.4 is 28.7 Å². The molecule has 36 heavy (non-hydrogen) atoms. The Morgan fingerprint density at radius 3 is 2.31 bits per heavy atom. The molecule has 2 aliphatic rings. The van der Waals surface area contributed by atoms with Gasteiger partial charge in [0.1, 0.15) is 11.9 Å². The van der Waals surface area contributed by atoms with Gasteiger partial charge in [0.2, 0.25) is 0 Å². The molecule has 3 aromatic rings. The number of hydrogen-bond donors (Lipinski definition) is 0. The lowest BCUT2D eigenvalue weighted by Gasteiger charge is -2.43. The number of rotatable bonds is 5. The maximum Gasteiger partial charge on any atom is 0.310 e. The van der Waals surface area contributed by atoms with E-state index in [2.05, 4.69) is 14.1 Å². The van der Waals surface area contributed by atoms with Crippen LogP contribution in [0.3, 0.4) is 0 Å². The van der Waals surface area contributed by atoms with Crippen LogP contribution in [0.15, 0.2) is 42.5 Å². The molecule has 2 unspecified atom stereocenters. The van der Waals surface area contributed by atoms with E-state index >= 15 is 0 Å². The van der Waals surface area contributed by atoms with Crippen LogP contribution in [-0.2, 0) is 16.0 Å². The van der Waals surface area contributed by atoms with Crippen molar-refractivity contribution >= 4 is 34.4 Å². The SMILES string of the molecule is COc1ccc2c(c1)c(CC(=O)OC1CC3CCC(C1)[N+]3(C)C)c(C)n2C(=O)c1ccc(Cl)cc1.[I-]. The van der Waals surface area contributed by atoms with Gasteiger partial charge < -0.3 is 37.9 Å². The first-order valence-electron chi connectivity index (χ1n) is 12.2. The van der Waals surface area contributed by atoms with Crippen LogP contribution in [0.25, 0.3) is 10.9 Å². The minimum absolute atomic E-state index is 0. The fraction of sp³-hybridized carbons (Fsp3) is 0.429. The van der Waals surface area contributed by atoms with Crippen LogP contribution in [-0.4, -0.2) is 60.3 Å². The molecular formula is C28H32ClIN2O4. The van der Waals surface area contributed by atoms with E-state index in [0.29, 0.717) is 28.4 Å². The van der Waals surface area contributed by atoms with Gasteiger partial charge in [0, 0.05) is 47.3 Å². The summed E-state index contributed by atoms with van der Waals surface area (Å²) in [6.45, 7) is 1.88. The van der Waals surface area contributed by atoms with Gasteiger partial charge in [-0.2, -0.15) is 0 Å². The van der Waals surface area contributed by atoms with Crippen LogP contribution in [0.2, 0.25) is 5.02 Å². The number of piperidine rings is 1. The lowest BCUT2D eigenvalue weighted by molar-refractivity contribution is -0.931. The van der Waals surface area contributed by atoms with Crippen molar-refractivity contribution in [3.8, 4) is 5.75 Å². The van der Waals surface area contributed by atoms with Crippen molar-refractivity contribution in [3.63, 3.8) is 0 Å². The van der Waals surface area contributed by atoms with Crippen molar-refractivity contribution in [1.29, 1.82) is 0 Å². The van der Waals surface area contributed by atoms with Crippen LogP contribution in [0.5, 0.6) is 5.75 Å². The van der Waals surface area contributed by atoms with Crippen molar-refractivity contribution in [1.82, 2.24) is 4.57 Å². The van der Waals surface area contributed by atoms with Gasteiger partial charge >= 0.3 is 5.97 Å². The summed E-state index contributed by atoms with van der Waals surface area (Å²) in [5, 5.41) is 1.39. The molecule has 0 N–H and O–H groups in total. The van der Waals surface area contributed by atoms with E-state index in [0.717, 1.165) is 39.5 Å². The number of benzene rings is 2. The number of fused-ring (bicyclic) bond motifs is 3. The Morgan fingerprint density at radius 2 is 1.69 bits per heavy atom. The molecule has 6 nitrogen and oxygen atoms in total. The normalized spacial score (nSPS) is 22.2. The van der Waals surface area contributed by atoms with E-state index < -0.39 is 0 Å². The van der Waals surface area contributed by atoms with Crippen LogP contribution in [0, 0.1) is 6.92 Å². The molecule has 0 saturated carbocycles. The van der Waals surface area contributed by atoms with Gasteiger partial charge in [-0.25, -0.2) is 0 Å². The molecule has 192 valence electrons. The first kappa shape index (κ1) is 26.9. The summed E-state index contributed by atoms with van der Waals surface area (Å²) in [4.78, 5) is 26.6. The molecule has 3 heterocycles. The predicted octanol–water partition coefficient (Wildman–Crippen LogP) is 2.16. The maximum absolute atomic E-state index is 13.5. The summed E-state index contributed by atoms with van der Waals surface area (Å²) in [7, 11) is 6.20. The summed E-state index contributed by atoms with van der Waals surface area (Å²) in [6, 6.07) is 13.5. The molecule has 2 bridgehead atoms. The number of methoxy groups -OCH3 is 1. The highest BCUT2D eigenvalue weighted by Crippen LogP contribution is 2.40. The number of nitrogens with zero attached hydrogens (tertiary/aromatic N) is 2. The number of esters is 1. The van der Waals surface area contributed by atoms with E-state index in [1.165, 1.54) is 12.8 Å². The van der Waals surface area contributed by atoms with E-state index in [4.69, 9.17) is 21.1 Å². The highest BCUT2D eigenvalue weighted by Gasteiger charge is 2.49. The Balaban J connectivity index is 0.00000304. The van der Waals surface area contributed by atoms with Gasteiger partial charge in [-0.15, -0.1) is 0 Å². The number of hydrogen-bond acceptors (Lipinski definition) is 4. The van der Waals surface area contributed by atoms with E-state index in [9.17, 15) is 9.59 Å². The zero-order chi connectivity index (χ0) is 24.9. The molecule has 2 atom stereocenters. The van der Waals surface area contributed by atoms with Crippen molar-refractivity contribution in [3.05, 3.63) is 64.3 Å². The molecule has 8 heteroatoms. The average molecular weight is 623 g/mol. The lowest BCUT2D eigenvalue weighted by Crippen LogP contribution is -3.00. The second-order valence-electron chi connectivity index (χ2n) is 10.4. The van der Waals surface area contributed by atoms with Gasteiger partial charge in [-0.3, -0.25) is 14.2 Å². The van der Waals surface area contributed by atoms with Crippen LogP contribution >= 0.6 is 11.6 Å². The van der Waals surface area contributed by atoms with Gasteiger partial charge in [-0.1, -0.05) is 11.6 Å². The Kier molecular flexibility index (Phi) is 7.74. The summed E-state index contributed by atoms with van der Waals surface area (Å²) < 4.78 is 14.1. The fourth-order valence-electron chi connectivity index (χ4n) is 6.09. The molecule has 0 aliphatic carbocycles. The highest BCUT2D eigenvalue weighted by molar-refractivity contribution is 6.30. The third-order valence-electron chi connectivity index (χ3n) is 8.24. The first-order chi connectivity index (χ1) is 16.7. The molecule has 0 spiro atoms. The van der Waals surface area contributed by atoms with Crippen molar-refractivity contribution < 1.29 is 47.5 Å². The average Bonchev–Trinajstić information content (AvgIpc) is 3.13. The van der Waals surface area contributed by atoms with Crippen LogP contribution in [0.4, 0.5) is 0 Å². The Hall–Kier alpha value is -2.10. The van der Waals surface area contributed by atoms with Crippen molar-refractivity contribution in [2.24, 2.45) is 0 Å². The Bertz CT molecular complexity index is 1290. The smallest absolute Gasteiger partial charge is 0.310 e. The minimum Gasteiger partial charge on any atom is -1.00 e. The zero-order valence-corrected chi connectivity index (χ0v) is 24.0. The van der Waals surface area contributed by atoms with Gasteiger partial charge in [0.25, 0.3) is 5.91 Å². The number of quaternary nitrogens is 1. The molecule has 1 aromatic heterocycles. The summed E-state index contributed by atoms with van der Waals surface area (Å²) >= 11 is 6.02. The lowest BCUT2D eigenvalue weighted by atomic mass is 9.97. The van der Waals surface area contributed by atoms with Crippen molar-refractivity contribution in [2.75, 3.05) is 21.2 Å². The first-order valence-corrected chi connectivity index (χ1v) is 12.6. The molecule has 2 saturated heterocycles. The molecular weight excluding hydrogens is 591 g/mol. The van der Waals surface area contributed by atoms with E-state index in [-0.39, 0.29) is 48.4 Å². The number of halogens is 2. The fourth-order valence-corrected chi connectivity index (χ4v) is 6.22. The third kappa shape index (κ3) is 4.77. The molecule has 2 aliphatic heterocycles. The maximum atomic E-state index is 13.5. The minimum atomic E-state index is -0.245. The second kappa shape index (κ2) is 10.3. The standard InChI is InChI=1S/C28H32ClN2O4.HI/c1-17-24(16-27(32)35-23-13-20-9-10-21(14-23)31(20,2)3)25-15-22(34-4)11-12-26(25)30(17)28(33)18-5-7-19(29)8-6-18;/h5-8,11-12,15,20-21,23H,9-10,13-14,16H2,1-4H3;1H/q+1;/p-1. The molecule has 5 rings (SSSR count). The molecule has 0 radical (unpaired) electrons. The number of ether oxygens (including phenoxy) is 2. The van der Waals surface area contributed by atoms with E-state index in [1.54, 1.807) is 35.9 Å². The quantitative estimate of drug-likeness (QED) is 0.249. The number of carbonyl (C=O) groups is 2. The van der Waals surface area contributed by atoms with Gasteiger partial charge in [0.15, 0.2) is 0 Å². The van der Waals surface area contributed by atoms with Crippen molar-refractivity contribution in [2.45, 2.75) is 57.2 Å². The Morgan fingerprint density at radius 1 is 1.06 bits per heavy atom. The molecule has 2 aromatic carbocycles. The number of aromatic nitrogens is 1. The van der Waals surface area contributed by atoms with Gasteiger partial charge in [0.05, 0.1) is 45.2 Å². The largest absolute Gasteiger partial charge is 1.00 e. The number of carbonyl (C=O) groups excluding carboxylic acids is 2. The highest BCUT2D eigenvalue weighted by atomic mass is 127.